The highest BCUT2D eigenvalue weighted by molar-refractivity contribution is 9.10. The zero-order chi connectivity index (χ0) is 13.2. The Balaban J connectivity index is 2.37. The first-order chi connectivity index (χ1) is 8.49. The largest absolute Gasteiger partial charge is 0.378 e. The van der Waals surface area contributed by atoms with Gasteiger partial charge in [-0.05, 0) is 52.7 Å². The summed E-state index contributed by atoms with van der Waals surface area (Å²) in [6, 6.07) is 13.4. The molecule has 0 saturated heterocycles. The summed E-state index contributed by atoms with van der Waals surface area (Å²) >= 11 is 3.27. The van der Waals surface area contributed by atoms with Gasteiger partial charge in [0.15, 0.2) is 5.75 Å². The SMILES string of the molecule is Cc1ccc(Br)c(OS(=O)(=O)c2ccccc2)c1. The molecular formula is C13H11BrO3S. The predicted molar refractivity (Wildman–Crippen MR) is 73.1 cm³/mol. The van der Waals surface area contributed by atoms with Crippen LogP contribution in [0.2, 0.25) is 0 Å². The van der Waals surface area contributed by atoms with Crippen LogP contribution in [0.1, 0.15) is 5.56 Å². The van der Waals surface area contributed by atoms with Crippen LogP contribution in [0.15, 0.2) is 57.9 Å². The molecule has 0 N–H and O–H groups in total. The summed E-state index contributed by atoms with van der Waals surface area (Å²) < 4.78 is 29.8. The topological polar surface area (TPSA) is 43.4 Å². The molecule has 0 aliphatic carbocycles. The Morgan fingerprint density at radius 3 is 2.39 bits per heavy atom. The predicted octanol–water partition coefficient (Wildman–Crippen LogP) is 3.53. The molecule has 0 unspecified atom stereocenters. The Labute approximate surface area is 115 Å². The molecule has 0 aromatic heterocycles. The maximum atomic E-state index is 12.0. The third-order valence-corrected chi connectivity index (χ3v) is 4.22. The second-order valence-electron chi connectivity index (χ2n) is 3.78. The van der Waals surface area contributed by atoms with Crippen molar-refractivity contribution in [3.63, 3.8) is 0 Å². The molecule has 3 nitrogen and oxygen atoms in total. The van der Waals surface area contributed by atoms with Crippen molar-refractivity contribution in [2.24, 2.45) is 0 Å². The molecule has 2 aromatic carbocycles. The fraction of sp³-hybridized carbons (Fsp3) is 0.0769. The first-order valence-electron chi connectivity index (χ1n) is 5.25. The average Bonchev–Trinajstić information content (AvgIpc) is 2.35. The first-order valence-corrected chi connectivity index (χ1v) is 7.45. The second-order valence-corrected chi connectivity index (χ2v) is 6.19. The van der Waals surface area contributed by atoms with E-state index in [2.05, 4.69) is 15.9 Å². The lowest BCUT2D eigenvalue weighted by atomic mass is 10.2. The number of benzene rings is 2. The van der Waals surface area contributed by atoms with E-state index in [1.54, 1.807) is 30.3 Å². The van der Waals surface area contributed by atoms with Gasteiger partial charge in [0.1, 0.15) is 4.90 Å². The van der Waals surface area contributed by atoms with Gasteiger partial charge in [-0.15, -0.1) is 0 Å². The average molecular weight is 327 g/mol. The van der Waals surface area contributed by atoms with E-state index in [9.17, 15) is 8.42 Å². The first kappa shape index (κ1) is 13.1. The molecule has 0 amide bonds. The third kappa shape index (κ3) is 2.91. The van der Waals surface area contributed by atoms with E-state index in [0.717, 1.165) is 5.56 Å². The molecule has 2 aromatic rings. The molecule has 94 valence electrons. The minimum Gasteiger partial charge on any atom is -0.378 e. The van der Waals surface area contributed by atoms with Gasteiger partial charge in [-0.2, -0.15) is 8.42 Å². The van der Waals surface area contributed by atoms with E-state index < -0.39 is 10.1 Å². The van der Waals surface area contributed by atoms with Gasteiger partial charge in [-0.1, -0.05) is 24.3 Å². The number of rotatable bonds is 3. The quantitative estimate of drug-likeness (QED) is 0.810. The van der Waals surface area contributed by atoms with Crippen LogP contribution in [-0.2, 0) is 10.1 Å². The summed E-state index contributed by atoms with van der Waals surface area (Å²) in [7, 11) is -3.78. The van der Waals surface area contributed by atoms with Gasteiger partial charge in [0.25, 0.3) is 0 Å². The monoisotopic (exact) mass is 326 g/mol. The van der Waals surface area contributed by atoms with E-state index in [-0.39, 0.29) is 4.90 Å². The fourth-order valence-corrected chi connectivity index (χ4v) is 2.82. The molecule has 0 radical (unpaired) electrons. The van der Waals surface area contributed by atoms with Crippen LogP contribution in [0.3, 0.4) is 0 Å². The maximum absolute atomic E-state index is 12.0. The van der Waals surface area contributed by atoms with Crippen molar-refractivity contribution in [3.8, 4) is 5.75 Å². The lowest BCUT2D eigenvalue weighted by molar-refractivity contribution is 0.484. The number of aryl methyl sites for hydroxylation is 1. The molecular weight excluding hydrogens is 316 g/mol. The third-order valence-electron chi connectivity index (χ3n) is 2.32. The number of halogens is 1. The van der Waals surface area contributed by atoms with Crippen molar-refractivity contribution in [2.75, 3.05) is 0 Å². The van der Waals surface area contributed by atoms with Crippen LogP contribution in [0, 0.1) is 6.92 Å². The second kappa shape index (κ2) is 5.12. The standard InChI is InChI=1S/C13H11BrO3S/c1-10-7-8-12(14)13(9-10)17-18(15,16)11-5-3-2-4-6-11/h2-9H,1H3. The molecule has 0 spiro atoms. The Morgan fingerprint density at radius 1 is 1.06 bits per heavy atom. The zero-order valence-electron chi connectivity index (χ0n) is 9.63. The van der Waals surface area contributed by atoms with Gasteiger partial charge in [0.2, 0.25) is 0 Å². The van der Waals surface area contributed by atoms with E-state index in [4.69, 9.17) is 4.18 Å². The minimum atomic E-state index is -3.78. The van der Waals surface area contributed by atoms with Crippen molar-refractivity contribution in [1.82, 2.24) is 0 Å². The van der Waals surface area contributed by atoms with Crippen molar-refractivity contribution in [1.29, 1.82) is 0 Å². The molecule has 0 heterocycles. The molecule has 0 bridgehead atoms. The number of hydrogen-bond acceptors (Lipinski definition) is 3. The summed E-state index contributed by atoms with van der Waals surface area (Å²) in [5.74, 6) is 0.291. The molecule has 0 atom stereocenters. The molecule has 0 fully saturated rings. The fourth-order valence-electron chi connectivity index (χ4n) is 1.43. The van der Waals surface area contributed by atoms with Crippen molar-refractivity contribution in [2.45, 2.75) is 11.8 Å². The highest BCUT2D eigenvalue weighted by Crippen LogP contribution is 2.28. The van der Waals surface area contributed by atoms with Crippen molar-refractivity contribution < 1.29 is 12.6 Å². The maximum Gasteiger partial charge on any atom is 0.339 e. The van der Waals surface area contributed by atoms with E-state index in [1.807, 2.05) is 13.0 Å². The van der Waals surface area contributed by atoms with Gasteiger partial charge in [-0.3, -0.25) is 0 Å². The van der Waals surface area contributed by atoms with Crippen LogP contribution in [0.4, 0.5) is 0 Å². The minimum absolute atomic E-state index is 0.137. The van der Waals surface area contributed by atoms with Crippen LogP contribution in [0.25, 0.3) is 0 Å². The Hall–Kier alpha value is -1.33. The van der Waals surface area contributed by atoms with Gasteiger partial charge in [-0.25, -0.2) is 0 Å². The molecule has 0 aliphatic heterocycles. The lowest BCUT2D eigenvalue weighted by Crippen LogP contribution is -2.09. The summed E-state index contributed by atoms with van der Waals surface area (Å²) in [5.41, 5.74) is 0.927. The van der Waals surface area contributed by atoms with E-state index >= 15 is 0 Å². The van der Waals surface area contributed by atoms with Crippen LogP contribution < -0.4 is 4.18 Å². The summed E-state index contributed by atoms with van der Waals surface area (Å²) in [5, 5.41) is 0. The highest BCUT2D eigenvalue weighted by atomic mass is 79.9. The molecule has 18 heavy (non-hydrogen) atoms. The van der Waals surface area contributed by atoms with E-state index in [1.165, 1.54) is 12.1 Å². The van der Waals surface area contributed by atoms with Crippen LogP contribution in [0.5, 0.6) is 5.75 Å². The summed E-state index contributed by atoms with van der Waals surface area (Å²) in [4.78, 5) is 0.137. The van der Waals surface area contributed by atoms with Gasteiger partial charge < -0.3 is 4.18 Å². The Bertz CT molecular complexity index is 651. The summed E-state index contributed by atoms with van der Waals surface area (Å²) in [6.45, 7) is 1.87. The normalized spacial score (nSPS) is 11.2. The van der Waals surface area contributed by atoms with Crippen LogP contribution >= 0.6 is 15.9 Å². The van der Waals surface area contributed by atoms with Gasteiger partial charge >= 0.3 is 10.1 Å². The Kier molecular flexibility index (Phi) is 3.73. The highest BCUT2D eigenvalue weighted by Gasteiger charge is 2.17. The molecule has 0 saturated carbocycles. The van der Waals surface area contributed by atoms with Crippen molar-refractivity contribution >= 4 is 26.0 Å². The van der Waals surface area contributed by atoms with Crippen LogP contribution in [-0.4, -0.2) is 8.42 Å². The van der Waals surface area contributed by atoms with Gasteiger partial charge in [0.05, 0.1) is 4.47 Å². The Morgan fingerprint density at radius 2 is 1.72 bits per heavy atom. The zero-order valence-corrected chi connectivity index (χ0v) is 12.0. The van der Waals surface area contributed by atoms with Crippen molar-refractivity contribution in [3.05, 3.63) is 58.6 Å². The lowest BCUT2D eigenvalue weighted by Gasteiger charge is -2.09. The number of hydrogen-bond donors (Lipinski definition) is 0. The van der Waals surface area contributed by atoms with Gasteiger partial charge in [0, 0.05) is 0 Å². The summed E-state index contributed by atoms with van der Waals surface area (Å²) in [6.07, 6.45) is 0. The molecule has 2 rings (SSSR count). The molecule has 0 aliphatic rings. The van der Waals surface area contributed by atoms with E-state index in [0.29, 0.717) is 10.2 Å². The molecule has 5 heteroatoms. The smallest absolute Gasteiger partial charge is 0.339 e.